The van der Waals surface area contributed by atoms with Gasteiger partial charge in [-0.25, -0.2) is 0 Å². The maximum Gasteiger partial charge on any atom is 0.287 e. The monoisotopic (exact) mass is 438 g/mol. The van der Waals surface area contributed by atoms with Crippen LogP contribution in [0.4, 0.5) is 0 Å². The number of aromatic amines is 1. The van der Waals surface area contributed by atoms with E-state index in [1.54, 1.807) is 7.11 Å². The van der Waals surface area contributed by atoms with E-state index in [1.165, 1.54) is 0 Å². The molecule has 0 spiro atoms. The van der Waals surface area contributed by atoms with E-state index in [9.17, 15) is 4.79 Å². The van der Waals surface area contributed by atoms with Crippen molar-refractivity contribution in [1.29, 1.82) is 0 Å². The molecule has 0 unspecified atom stereocenters. The lowest BCUT2D eigenvalue weighted by molar-refractivity contribution is 0.0926. The minimum absolute atomic E-state index is 0.0389. The van der Waals surface area contributed by atoms with Gasteiger partial charge in [0.15, 0.2) is 5.76 Å². The summed E-state index contributed by atoms with van der Waals surface area (Å²) in [6, 6.07) is 22.2. The van der Waals surface area contributed by atoms with Gasteiger partial charge in [-0.15, -0.1) is 0 Å². The Bertz CT molecular complexity index is 1440. The van der Waals surface area contributed by atoms with Crippen LogP contribution in [0, 0.1) is 13.8 Å². The van der Waals surface area contributed by atoms with Crippen LogP contribution < -0.4 is 10.1 Å². The summed E-state index contributed by atoms with van der Waals surface area (Å²) in [6.07, 6.45) is 2.03. The second-order valence-electron chi connectivity index (χ2n) is 8.38. The molecule has 166 valence electrons. The Hall–Kier alpha value is -3.99. The standard InChI is InChI=1S/C28H26N2O3/c1-17-8-13-21-18(2)27(33-26(21)14-17)28(31)30-15-23(19-9-11-20(32-3)12-10-19)24-16-29-25-7-5-4-6-22(24)25/h4-14,16,23,29H,15H2,1-3H3,(H,30,31)/t23-/m0/s1. The number of furan rings is 1. The smallest absolute Gasteiger partial charge is 0.287 e. The highest BCUT2D eigenvalue weighted by molar-refractivity contribution is 5.99. The van der Waals surface area contributed by atoms with Crippen LogP contribution in [0.15, 0.2) is 77.3 Å². The molecule has 3 aromatic carbocycles. The number of benzene rings is 3. The van der Waals surface area contributed by atoms with Gasteiger partial charge in [0, 0.05) is 40.5 Å². The van der Waals surface area contributed by atoms with Gasteiger partial charge in [-0.05, 0) is 54.8 Å². The fraction of sp³-hybridized carbons (Fsp3) is 0.179. The molecule has 0 bridgehead atoms. The van der Waals surface area contributed by atoms with Crippen molar-refractivity contribution in [3.63, 3.8) is 0 Å². The number of amides is 1. The molecule has 5 aromatic rings. The first-order valence-corrected chi connectivity index (χ1v) is 11.0. The van der Waals surface area contributed by atoms with Crippen LogP contribution in [0.2, 0.25) is 0 Å². The molecule has 0 aliphatic rings. The number of methoxy groups -OCH3 is 1. The van der Waals surface area contributed by atoms with Crippen molar-refractivity contribution >= 4 is 27.8 Å². The van der Waals surface area contributed by atoms with Crippen LogP contribution in [-0.4, -0.2) is 24.5 Å². The lowest BCUT2D eigenvalue weighted by Gasteiger charge is -2.18. The zero-order valence-corrected chi connectivity index (χ0v) is 18.9. The molecule has 0 aliphatic heterocycles. The largest absolute Gasteiger partial charge is 0.497 e. The van der Waals surface area contributed by atoms with Gasteiger partial charge in [-0.1, -0.05) is 42.5 Å². The molecular formula is C28H26N2O3. The zero-order chi connectivity index (χ0) is 22.9. The topological polar surface area (TPSA) is 67.3 Å². The maximum atomic E-state index is 13.2. The number of rotatable bonds is 6. The van der Waals surface area contributed by atoms with E-state index in [-0.39, 0.29) is 11.8 Å². The lowest BCUT2D eigenvalue weighted by Crippen LogP contribution is -2.29. The Kier molecular flexibility index (Phi) is 5.38. The van der Waals surface area contributed by atoms with Gasteiger partial charge in [0.25, 0.3) is 5.91 Å². The Morgan fingerprint density at radius 1 is 1.03 bits per heavy atom. The molecule has 2 aromatic heterocycles. The van der Waals surface area contributed by atoms with Crippen molar-refractivity contribution < 1.29 is 13.9 Å². The molecule has 0 saturated carbocycles. The van der Waals surface area contributed by atoms with Crippen molar-refractivity contribution in [3.05, 3.63) is 101 Å². The average Bonchev–Trinajstić information content (AvgIpc) is 3.40. The number of aromatic nitrogens is 1. The van der Waals surface area contributed by atoms with Crippen LogP contribution >= 0.6 is 0 Å². The number of para-hydroxylation sites is 1. The minimum atomic E-state index is -0.209. The van der Waals surface area contributed by atoms with Crippen LogP contribution in [0.5, 0.6) is 5.75 Å². The third kappa shape index (κ3) is 3.87. The second-order valence-corrected chi connectivity index (χ2v) is 8.38. The van der Waals surface area contributed by atoms with E-state index >= 15 is 0 Å². The summed E-state index contributed by atoms with van der Waals surface area (Å²) in [4.78, 5) is 16.5. The molecule has 33 heavy (non-hydrogen) atoms. The predicted octanol–water partition coefficient (Wildman–Crippen LogP) is 6.10. The van der Waals surface area contributed by atoms with E-state index < -0.39 is 0 Å². The van der Waals surface area contributed by atoms with E-state index in [0.717, 1.165) is 49.9 Å². The number of ether oxygens (including phenoxy) is 1. The van der Waals surface area contributed by atoms with Gasteiger partial charge in [0.1, 0.15) is 11.3 Å². The normalized spacial score (nSPS) is 12.2. The molecule has 2 N–H and O–H groups in total. The van der Waals surface area contributed by atoms with Gasteiger partial charge in [0.05, 0.1) is 7.11 Å². The average molecular weight is 439 g/mol. The Labute approximate surface area is 192 Å². The van der Waals surface area contributed by atoms with Crippen LogP contribution in [0.3, 0.4) is 0 Å². The molecule has 2 heterocycles. The van der Waals surface area contributed by atoms with Crippen molar-refractivity contribution in [2.45, 2.75) is 19.8 Å². The summed E-state index contributed by atoms with van der Waals surface area (Å²) in [5.41, 5.74) is 5.99. The Balaban J connectivity index is 1.47. The van der Waals surface area contributed by atoms with Crippen LogP contribution in [0.25, 0.3) is 21.9 Å². The molecule has 0 radical (unpaired) electrons. The number of carbonyl (C=O) groups excluding carboxylic acids is 1. The fourth-order valence-electron chi connectivity index (χ4n) is 4.45. The van der Waals surface area contributed by atoms with Crippen molar-refractivity contribution in [1.82, 2.24) is 10.3 Å². The van der Waals surface area contributed by atoms with E-state index in [4.69, 9.17) is 9.15 Å². The number of H-pyrrole nitrogens is 1. The summed E-state index contributed by atoms with van der Waals surface area (Å²) >= 11 is 0. The van der Waals surface area contributed by atoms with Crippen LogP contribution in [0.1, 0.15) is 38.7 Å². The van der Waals surface area contributed by atoms with Crippen molar-refractivity contribution in [2.24, 2.45) is 0 Å². The number of carbonyl (C=O) groups is 1. The highest BCUT2D eigenvalue weighted by Crippen LogP contribution is 2.32. The second kappa shape index (κ2) is 8.51. The number of hydrogen-bond donors (Lipinski definition) is 2. The van der Waals surface area contributed by atoms with E-state index in [1.807, 2.05) is 74.6 Å². The summed E-state index contributed by atoms with van der Waals surface area (Å²) < 4.78 is 11.3. The molecule has 1 amide bonds. The minimum Gasteiger partial charge on any atom is -0.497 e. The summed E-state index contributed by atoms with van der Waals surface area (Å²) in [5, 5.41) is 5.23. The van der Waals surface area contributed by atoms with Crippen molar-refractivity contribution in [2.75, 3.05) is 13.7 Å². The zero-order valence-electron chi connectivity index (χ0n) is 18.9. The Morgan fingerprint density at radius 3 is 2.61 bits per heavy atom. The summed E-state index contributed by atoms with van der Waals surface area (Å²) in [7, 11) is 1.66. The number of nitrogens with one attached hydrogen (secondary N) is 2. The quantitative estimate of drug-likeness (QED) is 0.337. The first kappa shape index (κ1) is 20.9. The summed E-state index contributed by atoms with van der Waals surface area (Å²) in [5.74, 6) is 0.916. The van der Waals surface area contributed by atoms with Gasteiger partial charge < -0.3 is 19.5 Å². The molecule has 5 nitrogen and oxygen atoms in total. The van der Waals surface area contributed by atoms with Crippen molar-refractivity contribution in [3.8, 4) is 5.75 Å². The Morgan fingerprint density at radius 2 is 1.82 bits per heavy atom. The third-order valence-electron chi connectivity index (χ3n) is 6.28. The maximum absolute atomic E-state index is 13.2. The number of fused-ring (bicyclic) bond motifs is 2. The SMILES string of the molecule is COc1ccc([C@H](CNC(=O)c2oc3cc(C)ccc3c2C)c2c[nH]c3ccccc23)cc1. The fourth-order valence-corrected chi connectivity index (χ4v) is 4.45. The summed E-state index contributed by atoms with van der Waals surface area (Å²) in [6.45, 7) is 4.37. The first-order valence-electron chi connectivity index (χ1n) is 11.0. The van der Waals surface area contributed by atoms with Gasteiger partial charge in [-0.2, -0.15) is 0 Å². The molecule has 1 atom stereocenters. The van der Waals surface area contributed by atoms with Gasteiger partial charge in [0.2, 0.25) is 0 Å². The highest BCUT2D eigenvalue weighted by Gasteiger charge is 2.22. The lowest BCUT2D eigenvalue weighted by atomic mass is 9.90. The molecule has 0 aliphatic carbocycles. The molecule has 5 heteroatoms. The number of hydrogen-bond acceptors (Lipinski definition) is 3. The predicted molar refractivity (Wildman–Crippen MR) is 131 cm³/mol. The number of aryl methyl sites for hydroxylation is 2. The molecular weight excluding hydrogens is 412 g/mol. The van der Waals surface area contributed by atoms with Gasteiger partial charge >= 0.3 is 0 Å². The molecule has 5 rings (SSSR count). The molecule has 0 saturated heterocycles. The van der Waals surface area contributed by atoms with E-state index in [0.29, 0.717) is 12.3 Å². The van der Waals surface area contributed by atoms with Crippen LogP contribution in [-0.2, 0) is 0 Å². The third-order valence-corrected chi connectivity index (χ3v) is 6.28. The van der Waals surface area contributed by atoms with Gasteiger partial charge in [-0.3, -0.25) is 4.79 Å². The van der Waals surface area contributed by atoms with E-state index in [2.05, 4.69) is 22.4 Å². The highest BCUT2D eigenvalue weighted by atomic mass is 16.5. The first-order chi connectivity index (χ1) is 16.0. The molecule has 0 fully saturated rings.